The summed E-state index contributed by atoms with van der Waals surface area (Å²) < 4.78 is 5.55. The number of carbonyl (C=O) groups excluding carboxylic acids is 1. The van der Waals surface area contributed by atoms with E-state index in [1.807, 2.05) is 12.1 Å². The molecule has 25 heavy (non-hydrogen) atoms. The zero-order valence-corrected chi connectivity index (χ0v) is 14.0. The Morgan fingerprint density at radius 2 is 2.20 bits per heavy atom. The summed E-state index contributed by atoms with van der Waals surface area (Å²) in [7, 11) is 0. The molecule has 0 saturated carbocycles. The lowest BCUT2D eigenvalue weighted by Gasteiger charge is -2.09. The van der Waals surface area contributed by atoms with Gasteiger partial charge in [0.2, 0.25) is 11.8 Å². The third-order valence-electron chi connectivity index (χ3n) is 3.22. The quantitative estimate of drug-likeness (QED) is 0.704. The molecular formula is C17H13N5O2S. The first kappa shape index (κ1) is 16.7. The van der Waals surface area contributed by atoms with Gasteiger partial charge in [0.1, 0.15) is 0 Å². The number of nitrogens with one attached hydrogen (secondary N) is 1. The molecule has 0 saturated heterocycles. The average Bonchev–Trinajstić information content (AvgIpc) is 3.11. The minimum Gasteiger partial charge on any atom is -0.411 e. The minimum atomic E-state index is -0.451. The van der Waals surface area contributed by atoms with E-state index in [0.717, 1.165) is 11.8 Å². The summed E-state index contributed by atoms with van der Waals surface area (Å²) in [5.41, 5.74) is 1.77. The van der Waals surface area contributed by atoms with E-state index in [4.69, 9.17) is 9.68 Å². The van der Waals surface area contributed by atoms with Crippen molar-refractivity contribution in [3.63, 3.8) is 0 Å². The summed E-state index contributed by atoms with van der Waals surface area (Å²) in [5.74, 6) is 0.131. The van der Waals surface area contributed by atoms with E-state index in [1.165, 1.54) is 0 Å². The van der Waals surface area contributed by atoms with Crippen molar-refractivity contribution in [2.75, 3.05) is 5.32 Å². The summed E-state index contributed by atoms with van der Waals surface area (Å²) in [6, 6.07) is 12.3. The zero-order valence-electron chi connectivity index (χ0n) is 13.2. The molecule has 0 spiro atoms. The molecule has 0 bridgehead atoms. The van der Waals surface area contributed by atoms with E-state index in [9.17, 15) is 4.79 Å². The van der Waals surface area contributed by atoms with Crippen LogP contribution < -0.4 is 5.32 Å². The third-order valence-corrected chi connectivity index (χ3v) is 4.16. The molecule has 1 aromatic carbocycles. The standard InChI is InChI=1S/C17H13N5O2S/c1-11(15(23)20-14-6-2-4-12(8-14)9-18)25-17-22-21-16(24-17)13-5-3-7-19-10-13/h2-8,10-11H,1H3,(H,20,23)/t11-/m0/s1. The molecule has 0 aliphatic carbocycles. The number of benzene rings is 1. The van der Waals surface area contributed by atoms with Gasteiger partial charge in [-0.3, -0.25) is 9.78 Å². The SMILES string of the molecule is C[C@H](Sc1nnc(-c2cccnc2)o1)C(=O)Nc1cccc(C#N)c1. The van der Waals surface area contributed by atoms with Gasteiger partial charge in [-0.15, -0.1) is 10.2 Å². The van der Waals surface area contributed by atoms with Gasteiger partial charge in [-0.2, -0.15) is 5.26 Å². The van der Waals surface area contributed by atoms with E-state index >= 15 is 0 Å². The lowest BCUT2D eigenvalue weighted by molar-refractivity contribution is -0.115. The van der Waals surface area contributed by atoms with Gasteiger partial charge in [0.25, 0.3) is 5.22 Å². The highest BCUT2D eigenvalue weighted by atomic mass is 32.2. The number of aromatic nitrogens is 3. The Morgan fingerprint density at radius 3 is 2.96 bits per heavy atom. The summed E-state index contributed by atoms with van der Waals surface area (Å²) in [5, 5.41) is 19.4. The maximum atomic E-state index is 12.3. The van der Waals surface area contributed by atoms with Crippen LogP contribution in [0, 0.1) is 11.3 Å². The van der Waals surface area contributed by atoms with Crippen LogP contribution in [0.3, 0.4) is 0 Å². The minimum absolute atomic E-state index is 0.221. The van der Waals surface area contributed by atoms with Crippen molar-refractivity contribution < 1.29 is 9.21 Å². The molecule has 0 unspecified atom stereocenters. The van der Waals surface area contributed by atoms with E-state index in [2.05, 4.69) is 20.5 Å². The van der Waals surface area contributed by atoms with Crippen LogP contribution in [0.2, 0.25) is 0 Å². The molecule has 8 heteroatoms. The van der Waals surface area contributed by atoms with Crippen molar-refractivity contribution in [3.8, 4) is 17.5 Å². The fraction of sp³-hybridized carbons (Fsp3) is 0.118. The van der Waals surface area contributed by atoms with Crippen molar-refractivity contribution in [3.05, 3.63) is 54.4 Å². The fourth-order valence-corrected chi connectivity index (χ4v) is 2.66. The lowest BCUT2D eigenvalue weighted by atomic mass is 10.2. The van der Waals surface area contributed by atoms with Crippen molar-refractivity contribution in [2.45, 2.75) is 17.4 Å². The first-order valence-electron chi connectivity index (χ1n) is 7.37. The zero-order chi connectivity index (χ0) is 17.6. The van der Waals surface area contributed by atoms with Crippen LogP contribution in [0.1, 0.15) is 12.5 Å². The number of hydrogen-bond acceptors (Lipinski definition) is 7. The van der Waals surface area contributed by atoms with Crippen molar-refractivity contribution in [1.29, 1.82) is 5.26 Å². The van der Waals surface area contributed by atoms with Gasteiger partial charge in [0, 0.05) is 18.1 Å². The van der Waals surface area contributed by atoms with Crippen LogP contribution in [0.25, 0.3) is 11.5 Å². The number of amides is 1. The third kappa shape index (κ3) is 4.22. The molecule has 2 heterocycles. The van der Waals surface area contributed by atoms with Crippen LogP contribution in [-0.4, -0.2) is 26.3 Å². The number of pyridine rings is 1. The van der Waals surface area contributed by atoms with Gasteiger partial charge in [0.15, 0.2) is 0 Å². The van der Waals surface area contributed by atoms with Crippen molar-refractivity contribution in [1.82, 2.24) is 15.2 Å². The number of hydrogen-bond donors (Lipinski definition) is 1. The first-order chi connectivity index (χ1) is 12.2. The largest absolute Gasteiger partial charge is 0.411 e. The Balaban J connectivity index is 1.64. The topological polar surface area (TPSA) is 105 Å². The number of nitriles is 1. The highest BCUT2D eigenvalue weighted by molar-refractivity contribution is 8.00. The van der Waals surface area contributed by atoms with Gasteiger partial charge in [-0.05, 0) is 37.3 Å². The lowest BCUT2D eigenvalue weighted by Crippen LogP contribution is -2.22. The number of anilines is 1. The van der Waals surface area contributed by atoms with Gasteiger partial charge < -0.3 is 9.73 Å². The van der Waals surface area contributed by atoms with Crippen LogP contribution in [0.5, 0.6) is 0 Å². The van der Waals surface area contributed by atoms with Crippen LogP contribution >= 0.6 is 11.8 Å². The summed E-state index contributed by atoms with van der Waals surface area (Å²) in [4.78, 5) is 16.3. The normalized spacial score (nSPS) is 11.5. The molecule has 1 amide bonds. The van der Waals surface area contributed by atoms with Crippen LogP contribution in [0.15, 0.2) is 58.4 Å². The van der Waals surface area contributed by atoms with Crippen LogP contribution in [-0.2, 0) is 4.79 Å². The summed E-state index contributed by atoms with van der Waals surface area (Å²) in [6.45, 7) is 1.74. The molecule has 3 aromatic rings. The number of nitrogens with zero attached hydrogens (tertiary/aromatic N) is 4. The van der Waals surface area contributed by atoms with Crippen molar-refractivity contribution in [2.24, 2.45) is 0 Å². The second kappa shape index (κ2) is 7.59. The van der Waals surface area contributed by atoms with Crippen LogP contribution in [0.4, 0.5) is 5.69 Å². The highest BCUT2D eigenvalue weighted by Crippen LogP contribution is 2.26. The molecule has 0 fully saturated rings. The van der Waals surface area contributed by atoms with E-state index in [1.54, 1.807) is 49.6 Å². The molecule has 0 aliphatic rings. The molecule has 2 aromatic heterocycles. The molecule has 3 rings (SSSR count). The van der Waals surface area contributed by atoms with Gasteiger partial charge in [-0.1, -0.05) is 17.8 Å². The van der Waals surface area contributed by atoms with Gasteiger partial charge in [-0.25, -0.2) is 0 Å². The smallest absolute Gasteiger partial charge is 0.277 e. The number of thioether (sulfide) groups is 1. The average molecular weight is 351 g/mol. The highest BCUT2D eigenvalue weighted by Gasteiger charge is 2.19. The van der Waals surface area contributed by atoms with Gasteiger partial charge >= 0.3 is 0 Å². The maximum Gasteiger partial charge on any atom is 0.277 e. The molecule has 7 nitrogen and oxygen atoms in total. The molecule has 124 valence electrons. The second-order valence-electron chi connectivity index (χ2n) is 5.06. The maximum absolute atomic E-state index is 12.3. The monoisotopic (exact) mass is 351 g/mol. The van der Waals surface area contributed by atoms with Crippen molar-refractivity contribution >= 4 is 23.4 Å². The Morgan fingerprint density at radius 1 is 1.32 bits per heavy atom. The van der Waals surface area contributed by atoms with E-state index in [0.29, 0.717) is 27.9 Å². The first-order valence-corrected chi connectivity index (χ1v) is 8.25. The molecule has 0 aliphatic heterocycles. The predicted octanol–water partition coefficient (Wildman–Crippen LogP) is 3.12. The Hall–Kier alpha value is -3.18. The Bertz CT molecular complexity index is 920. The van der Waals surface area contributed by atoms with E-state index < -0.39 is 5.25 Å². The Kier molecular flexibility index (Phi) is 5.06. The molecule has 1 N–H and O–H groups in total. The fourth-order valence-electron chi connectivity index (χ4n) is 1.98. The van der Waals surface area contributed by atoms with Gasteiger partial charge in [0.05, 0.1) is 22.4 Å². The molecule has 0 radical (unpaired) electrons. The second-order valence-corrected chi connectivity index (χ2v) is 6.35. The summed E-state index contributed by atoms with van der Waals surface area (Å²) >= 11 is 1.16. The summed E-state index contributed by atoms with van der Waals surface area (Å²) in [6.07, 6.45) is 3.28. The van der Waals surface area contributed by atoms with E-state index in [-0.39, 0.29) is 5.91 Å². The molecular weight excluding hydrogens is 338 g/mol. The molecule has 1 atom stereocenters. The Labute approximate surface area is 148 Å². The number of rotatable bonds is 5. The predicted molar refractivity (Wildman–Crippen MR) is 92.6 cm³/mol. The number of carbonyl (C=O) groups is 1.